The Kier molecular flexibility index (Phi) is 8.08. The SMILES string of the molecule is CN1CCc2nc(C(=O)NC3CC(NC(=O)OC(C)(C)C)CCC3NC(=O)c3cc4cc(Cl)ccc4[nH]3)sc2C1. The van der Waals surface area contributed by atoms with E-state index in [0.717, 1.165) is 41.0 Å². The van der Waals surface area contributed by atoms with Crippen LogP contribution in [-0.2, 0) is 17.7 Å². The highest BCUT2D eigenvalue weighted by atomic mass is 35.5. The van der Waals surface area contributed by atoms with Gasteiger partial charge in [0.25, 0.3) is 11.8 Å². The van der Waals surface area contributed by atoms with Crippen molar-refractivity contribution in [1.82, 2.24) is 30.8 Å². The maximum Gasteiger partial charge on any atom is 0.407 e. The molecule has 3 unspecified atom stereocenters. The van der Waals surface area contributed by atoms with Gasteiger partial charge in [-0.2, -0.15) is 0 Å². The molecule has 1 saturated carbocycles. The molecule has 10 nitrogen and oxygen atoms in total. The Morgan fingerprint density at radius 1 is 1.10 bits per heavy atom. The van der Waals surface area contributed by atoms with E-state index in [1.807, 2.05) is 26.8 Å². The third kappa shape index (κ3) is 6.76. The Morgan fingerprint density at radius 2 is 1.88 bits per heavy atom. The van der Waals surface area contributed by atoms with Crippen molar-refractivity contribution in [2.75, 3.05) is 13.6 Å². The molecule has 5 rings (SSSR count). The molecule has 3 atom stereocenters. The number of nitrogens with one attached hydrogen (secondary N) is 4. The van der Waals surface area contributed by atoms with Crippen LogP contribution in [0.15, 0.2) is 24.3 Å². The Morgan fingerprint density at radius 3 is 2.65 bits per heavy atom. The standard InChI is InChI=1S/C28H35ClN6O4S/c1-28(2,3)39-27(38)30-17-6-8-19(32-24(36)22-12-15-11-16(29)5-7-18(15)31-22)21(13-17)33-25(37)26-34-20-9-10-35(4)14-23(20)40-26/h5,7,11-12,17,19,21,31H,6,8-10,13-14H2,1-4H3,(H,30,38)(H,32,36)(H,33,37). The van der Waals surface area contributed by atoms with Crippen molar-refractivity contribution in [2.45, 2.75) is 76.7 Å². The minimum absolute atomic E-state index is 0.221. The molecule has 1 fully saturated rings. The second-order valence-electron chi connectivity index (χ2n) is 11.6. The van der Waals surface area contributed by atoms with Crippen LogP contribution < -0.4 is 16.0 Å². The third-order valence-electron chi connectivity index (χ3n) is 7.15. The van der Waals surface area contributed by atoms with Crippen molar-refractivity contribution >= 4 is 51.7 Å². The lowest BCUT2D eigenvalue weighted by Crippen LogP contribution is -2.58. The van der Waals surface area contributed by atoms with Crippen molar-refractivity contribution in [3.63, 3.8) is 0 Å². The van der Waals surface area contributed by atoms with E-state index in [1.165, 1.54) is 11.3 Å². The van der Waals surface area contributed by atoms with Gasteiger partial charge in [-0.1, -0.05) is 11.6 Å². The quantitative estimate of drug-likeness (QED) is 0.354. The largest absolute Gasteiger partial charge is 0.444 e. The lowest BCUT2D eigenvalue weighted by atomic mass is 9.86. The number of aromatic nitrogens is 2. The molecule has 2 aliphatic rings. The lowest BCUT2D eigenvalue weighted by molar-refractivity contribution is 0.0480. The maximum absolute atomic E-state index is 13.4. The zero-order valence-electron chi connectivity index (χ0n) is 23.1. The highest BCUT2D eigenvalue weighted by Crippen LogP contribution is 2.26. The number of hydrogen-bond donors (Lipinski definition) is 4. The number of rotatable bonds is 5. The number of aromatic amines is 1. The fourth-order valence-electron chi connectivity index (χ4n) is 5.23. The number of carbonyl (C=O) groups is 3. The van der Waals surface area contributed by atoms with Crippen LogP contribution in [-0.4, -0.2) is 70.1 Å². The van der Waals surface area contributed by atoms with E-state index < -0.39 is 17.7 Å². The molecule has 12 heteroatoms. The van der Waals surface area contributed by atoms with Crippen LogP contribution in [0.4, 0.5) is 4.79 Å². The van der Waals surface area contributed by atoms with E-state index in [9.17, 15) is 14.4 Å². The van der Waals surface area contributed by atoms with Gasteiger partial charge in [0.1, 0.15) is 11.3 Å². The number of halogens is 1. The smallest absolute Gasteiger partial charge is 0.407 e. The second-order valence-corrected chi connectivity index (χ2v) is 13.1. The number of hydrogen-bond acceptors (Lipinski definition) is 7. The van der Waals surface area contributed by atoms with Crippen LogP contribution in [0.25, 0.3) is 10.9 Å². The Labute approximate surface area is 242 Å². The Balaban J connectivity index is 1.31. The van der Waals surface area contributed by atoms with Gasteiger partial charge in [-0.05, 0) is 71.3 Å². The van der Waals surface area contributed by atoms with Crippen molar-refractivity contribution in [3.05, 3.63) is 50.6 Å². The number of thiazole rings is 1. The second kappa shape index (κ2) is 11.4. The summed E-state index contributed by atoms with van der Waals surface area (Å²) >= 11 is 7.52. The zero-order chi connectivity index (χ0) is 28.6. The number of likely N-dealkylation sites (N-methyl/N-ethyl adjacent to an activating group) is 1. The molecule has 1 aliphatic heterocycles. The van der Waals surface area contributed by atoms with Crippen molar-refractivity contribution < 1.29 is 19.1 Å². The fourth-order valence-corrected chi connectivity index (χ4v) is 6.50. The molecule has 3 amide bonds. The first-order chi connectivity index (χ1) is 18.9. The number of fused-ring (bicyclic) bond motifs is 2. The van der Waals surface area contributed by atoms with Crippen LogP contribution in [0.5, 0.6) is 0 Å². The average molecular weight is 587 g/mol. The molecular formula is C28H35ClN6O4S. The first kappa shape index (κ1) is 28.4. The zero-order valence-corrected chi connectivity index (χ0v) is 24.7. The van der Waals surface area contributed by atoms with E-state index in [-0.39, 0.29) is 23.9 Å². The van der Waals surface area contributed by atoms with Crippen molar-refractivity contribution in [3.8, 4) is 0 Å². The fraction of sp³-hybridized carbons (Fsp3) is 0.500. The summed E-state index contributed by atoms with van der Waals surface area (Å²) in [6.07, 6.45) is 1.93. The van der Waals surface area contributed by atoms with Crippen LogP contribution in [0.3, 0.4) is 0 Å². The minimum Gasteiger partial charge on any atom is -0.444 e. The molecule has 3 aromatic rings. The Hall–Kier alpha value is -3.15. The Bertz CT molecular complexity index is 1430. The summed E-state index contributed by atoms with van der Waals surface area (Å²) in [4.78, 5) is 50.1. The van der Waals surface area contributed by atoms with Gasteiger partial charge in [0.15, 0.2) is 5.01 Å². The number of nitrogens with zero attached hydrogens (tertiary/aromatic N) is 2. The van der Waals surface area contributed by atoms with Gasteiger partial charge < -0.3 is 30.6 Å². The van der Waals surface area contributed by atoms with E-state index in [4.69, 9.17) is 16.3 Å². The molecule has 0 radical (unpaired) electrons. The summed E-state index contributed by atoms with van der Waals surface area (Å²) < 4.78 is 5.43. The van der Waals surface area contributed by atoms with Crippen molar-refractivity contribution in [1.29, 1.82) is 0 Å². The highest BCUT2D eigenvalue weighted by Gasteiger charge is 2.35. The van der Waals surface area contributed by atoms with Gasteiger partial charge in [0.2, 0.25) is 0 Å². The van der Waals surface area contributed by atoms with Crippen LogP contribution >= 0.6 is 22.9 Å². The molecule has 214 valence electrons. The molecule has 1 aromatic carbocycles. The normalized spacial score (nSPS) is 21.5. The number of alkyl carbamates (subject to hydrolysis) is 1. The monoisotopic (exact) mass is 586 g/mol. The number of H-pyrrole nitrogens is 1. The van der Waals surface area contributed by atoms with Gasteiger partial charge >= 0.3 is 6.09 Å². The molecule has 1 aliphatic carbocycles. The molecule has 2 aromatic heterocycles. The van der Waals surface area contributed by atoms with Gasteiger partial charge in [0, 0.05) is 52.4 Å². The average Bonchev–Trinajstić information content (AvgIpc) is 3.48. The van der Waals surface area contributed by atoms with Crippen LogP contribution in [0.2, 0.25) is 5.02 Å². The van der Waals surface area contributed by atoms with E-state index in [0.29, 0.717) is 35.0 Å². The summed E-state index contributed by atoms with van der Waals surface area (Å²) in [5.41, 5.74) is 1.58. The van der Waals surface area contributed by atoms with Crippen LogP contribution in [0, 0.1) is 0 Å². The molecule has 3 heterocycles. The van der Waals surface area contributed by atoms with E-state index >= 15 is 0 Å². The predicted molar refractivity (Wildman–Crippen MR) is 155 cm³/mol. The van der Waals surface area contributed by atoms with Gasteiger partial charge in [0.05, 0.1) is 11.7 Å². The number of carbonyl (C=O) groups excluding carboxylic acids is 3. The first-order valence-electron chi connectivity index (χ1n) is 13.5. The first-order valence-corrected chi connectivity index (χ1v) is 14.7. The minimum atomic E-state index is -0.620. The molecule has 0 spiro atoms. The number of amides is 3. The molecule has 4 N–H and O–H groups in total. The molecule has 0 saturated heterocycles. The van der Waals surface area contributed by atoms with Gasteiger partial charge in [-0.15, -0.1) is 11.3 Å². The van der Waals surface area contributed by atoms with Gasteiger partial charge in [-0.3, -0.25) is 9.59 Å². The lowest BCUT2D eigenvalue weighted by Gasteiger charge is -2.37. The predicted octanol–water partition coefficient (Wildman–Crippen LogP) is 4.24. The van der Waals surface area contributed by atoms with Crippen molar-refractivity contribution in [2.24, 2.45) is 0 Å². The summed E-state index contributed by atoms with van der Waals surface area (Å²) in [7, 11) is 2.05. The topological polar surface area (TPSA) is 128 Å². The highest BCUT2D eigenvalue weighted by molar-refractivity contribution is 7.13. The third-order valence-corrected chi connectivity index (χ3v) is 8.46. The summed E-state index contributed by atoms with van der Waals surface area (Å²) in [5.74, 6) is -0.549. The maximum atomic E-state index is 13.4. The van der Waals surface area contributed by atoms with E-state index in [1.54, 1.807) is 18.2 Å². The summed E-state index contributed by atoms with van der Waals surface area (Å²) in [6.45, 7) is 7.12. The number of benzene rings is 1. The summed E-state index contributed by atoms with van der Waals surface area (Å²) in [5, 5.41) is 11.0. The molecule has 40 heavy (non-hydrogen) atoms. The van der Waals surface area contributed by atoms with Gasteiger partial charge in [-0.25, -0.2) is 9.78 Å². The molecular weight excluding hydrogens is 552 g/mol. The van der Waals surface area contributed by atoms with Crippen LogP contribution in [0.1, 0.15) is 70.9 Å². The summed E-state index contributed by atoms with van der Waals surface area (Å²) in [6, 6.07) is 6.17. The number of ether oxygens (including phenoxy) is 1. The molecule has 0 bridgehead atoms. The van der Waals surface area contributed by atoms with E-state index in [2.05, 4.69) is 37.9 Å².